The Hall–Kier alpha value is -1.00. The van der Waals surface area contributed by atoms with Gasteiger partial charge in [-0.1, -0.05) is 12.8 Å². The van der Waals surface area contributed by atoms with E-state index in [2.05, 4.69) is 14.9 Å². The summed E-state index contributed by atoms with van der Waals surface area (Å²) >= 11 is 0. The summed E-state index contributed by atoms with van der Waals surface area (Å²) in [5, 5.41) is 10.3. The fraction of sp³-hybridized carbons (Fsp3) is 0.733. The van der Waals surface area contributed by atoms with Crippen LogP contribution in [0.2, 0.25) is 0 Å². The Labute approximate surface area is 114 Å². The van der Waals surface area contributed by atoms with Crippen LogP contribution in [0.3, 0.4) is 0 Å². The van der Waals surface area contributed by atoms with Crippen LogP contribution < -0.4 is 0 Å². The minimum Gasteiger partial charge on any atom is -0.393 e. The van der Waals surface area contributed by atoms with Gasteiger partial charge in [-0.2, -0.15) is 0 Å². The fourth-order valence-corrected chi connectivity index (χ4v) is 3.72. The number of aliphatic hydroxyl groups excluding tert-OH is 1. The fourth-order valence-electron chi connectivity index (χ4n) is 3.72. The smallest absolute Gasteiger partial charge is 0.142 e. The van der Waals surface area contributed by atoms with Crippen LogP contribution in [0.1, 0.15) is 44.3 Å². The Kier molecular flexibility index (Phi) is 4.09. The average Bonchev–Trinajstić information content (AvgIpc) is 2.88. The molecule has 0 bridgehead atoms. The lowest BCUT2D eigenvalue weighted by Gasteiger charge is -2.37. The molecule has 1 saturated carbocycles. The standard InChI is InChI=1S/C15H23N3O/c19-14-7-2-1-5-12(14)13-6-3-10-18(13)11-15-16-8-4-9-17-15/h4,8-9,12-14,19H,1-3,5-7,10-11H2/t12-,13-,14-/m1/s1. The number of aromatic nitrogens is 2. The van der Waals surface area contributed by atoms with Crippen LogP contribution in [0.25, 0.3) is 0 Å². The van der Waals surface area contributed by atoms with E-state index in [1.165, 1.54) is 32.1 Å². The number of aliphatic hydroxyl groups is 1. The minimum atomic E-state index is -0.101. The molecule has 19 heavy (non-hydrogen) atoms. The van der Waals surface area contributed by atoms with Crippen molar-refractivity contribution < 1.29 is 5.11 Å². The van der Waals surface area contributed by atoms with E-state index in [1.54, 1.807) is 0 Å². The number of hydrogen-bond donors (Lipinski definition) is 1. The first-order valence-electron chi connectivity index (χ1n) is 7.52. The number of nitrogens with zero attached hydrogens (tertiary/aromatic N) is 3. The lowest BCUT2D eigenvalue weighted by atomic mass is 9.80. The third-order valence-corrected chi connectivity index (χ3v) is 4.65. The maximum Gasteiger partial charge on any atom is 0.142 e. The zero-order chi connectivity index (χ0) is 13.1. The van der Waals surface area contributed by atoms with Crippen LogP contribution in [0.15, 0.2) is 18.5 Å². The predicted molar refractivity (Wildman–Crippen MR) is 73.4 cm³/mol. The van der Waals surface area contributed by atoms with Crippen LogP contribution in [-0.2, 0) is 6.54 Å². The molecule has 1 aromatic heterocycles. The maximum absolute atomic E-state index is 10.3. The summed E-state index contributed by atoms with van der Waals surface area (Å²) in [7, 11) is 0. The molecule has 4 heteroatoms. The van der Waals surface area contributed by atoms with E-state index in [1.807, 2.05) is 18.5 Å². The molecule has 0 unspecified atom stereocenters. The first-order valence-corrected chi connectivity index (χ1v) is 7.52. The second-order valence-electron chi connectivity index (χ2n) is 5.86. The highest BCUT2D eigenvalue weighted by Gasteiger charge is 2.36. The second kappa shape index (κ2) is 5.97. The van der Waals surface area contributed by atoms with Crippen molar-refractivity contribution >= 4 is 0 Å². The Bertz CT molecular complexity index is 398. The van der Waals surface area contributed by atoms with E-state index in [0.717, 1.165) is 25.3 Å². The first-order chi connectivity index (χ1) is 9.34. The highest BCUT2D eigenvalue weighted by molar-refractivity contribution is 4.94. The van der Waals surface area contributed by atoms with Gasteiger partial charge in [0, 0.05) is 24.4 Å². The molecular weight excluding hydrogens is 238 g/mol. The summed E-state index contributed by atoms with van der Waals surface area (Å²) in [4.78, 5) is 11.1. The first kappa shape index (κ1) is 13.0. The lowest BCUT2D eigenvalue weighted by Crippen LogP contribution is -2.42. The molecule has 2 heterocycles. The number of rotatable bonds is 3. The molecule has 0 amide bonds. The van der Waals surface area contributed by atoms with E-state index < -0.39 is 0 Å². The van der Waals surface area contributed by atoms with Crippen molar-refractivity contribution in [3.05, 3.63) is 24.3 Å². The normalized spacial score (nSPS) is 32.6. The van der Waals surface area contributed by atoms with E-state index in [4.69, 9.17) is 0 Å². The van der Waals surface area contributed by atoms with Gasteiger partial charge in [0.1, 0.15) is 5.82 Å². The zero-order valence-corrected chi connectivity index (χ0v) is 11.4. The van der Waals surface area contributed by atoms with Crippen LogP contribution in [0.5, 0.6) is 0 Å². The summed E-state index contributed by atoms with van der Waals surface area (Å²) < 4.78 is 0. The topological polar surface area (TPSA) is 49.2 Å². The SMILES string of the molecule is O[C@@H]1CCCC[C@@H]1[C@H]1CCCN1Cc1ncccn1. The van der Waals surface area contributed by atoms with Gasteiger partial charge in [0.05, 0.1) is 12.6 Å². The van der Waals surface area contributed by atoms with Gasteiger partial charge in [-0.15, -0.1) is 0 Å². The Morgan fingerprint density at radius 3 is 2.68 bits per heavy atom. The van der Waals surface area contributed by atoms with Crippen molar-refractivity contribution in [1.82, 2.24) is 14.9 Å². The molecule has 104 valence electrons. The maximum atomic E-state index is 10.3. The van der Waals surface area contributed by atoms with Crippen LogP contribution in [0.4, 0.5) is 0 Å². The summed E-state index contributed by atoms with van der Waals surface area (Å²) in [5.41, 5.74) is 0. The molecular formula is C15H23N3O. The van der Waals surface area contributed by atoms with Crippen molar-refractivity contribution in [2.24, 2.45) is 5.92 Å². The van der Waals surface area contributed by atoms with Gasteiger partial charge in [-0.3, -0.25) is 4.90 Å². The van der Waals surface area contributed by atoms with E-state index >= 15 is 0 Å². The van der Waals surface area contributed by atoms with Gasteiger partial charge in [0.25, 0.3) is 0 Å². The van der Waals surface area contributed by atoms with Crippen molar-refractivity contribution in [2.45, 2.75) is 57.2 Å². The van der Waals surface area contributed by atoms with Gasteiger partial charge >= 0.3 is 0 Å². The monoisotopic (exact) mass is 261 g/mol. The zero-order valence-electron chi connectivity index (χ0n) is 11.4. The summed E-state index contributed by atoms with van der Waals surface area (Å²) in [6.07, 6.45) is 10.6. The van der Waals surface area contributed by atoms with Gasteiger partial charge < -0.3 is 5.11 Å². The third-order valence-electron chi connectivity index (χ3n) is 4.65. The van der Waals surface area contributed by atoms with Crippen molar-refractivity contribution in [1.29, 1.82) is 0 Å². The molecule has 0 aromatic carbocycles. The second-order valence-corrected chi connectivity index (χ2v) is 5.86. The average molecular weight is 261 g/mol. The predicted octanol–water partition coefficient (Wildman–Crippen LogP) is 1.99. The van der Waals surface area contributed by atoms with E-state index in [9.17, 15) is 5.11 Å². The van der Waals surface area contributed by atoms with Crippen molar-refractivity contribution in [3.8, 4) is 0 Å². The van der Waals surface area contributed by atoms with Crippen molar-refractivity contribution in [2.75, 3.05) is 6.54 Å². The Morgan fingerprint density at radius 1 is 1.11 bits per heavy atom. The molecule has 3 rings (SSSR count). The molecule has 1 aliphatic heterocycles. The van der Waals surface area contributed by atoms with Gasteiger partial charge in [0.2, 0.25) is 0 Å². The van der Waals surface area contributed by atoms with Gasteiger partial charge in [0.15, 0.2) is 0 Å². The Balaban J connectivity index is 1.67. The van der Waals surface area contributed by atoms with Crippen LogP contribution in [0, 0.1) is 5.92 Å². The molecule has 2 aliphatic rings. The van der Waals surface area contributed by atoms with Crippen LogP contribution >= 0.6 is 0 Å². The highest BCUT2D eigenvalue weighted by atomic mass is 16.3. The number of hydrogen-bond acceptors (Lipinski definition) is 4. The van der Waals surface area contributed by atoms with Crippen molar-refractivity contribution in [3.63, 3.8) is 0 Å². The quantitative estimate of drug-likeness (QED) is 0.904. The molecule has 1 saturated heterocycles. The molecule has 1 N–H and O–H groups in total. The molecule has 1 aliphatic carbocycles. The summed E-state index contributed by atoms with van der Waals surface area (Å²) in [5.74, 6) is 1.36. The van der Waals surface area contributed by atoms with Gasteiger partial charge in [-0.05, 0) is 38.3 Å². The number of likely N-dealkylation sites (tertiary alicyclic amines) is 1. The third kappa shape index (κ3) is 2.95. The van der Waals surface area contributed by atoms with E-state index in [-0.39, 0.29) is 6.10 Å². The molecule has 2 fully saturated rings. The minimum absolute atomic E-state index is 0.101. The molecule has 4 nitrogen and oxygen atoms in total. The summed E-state index contributed by atoms with van der Waals surface area (Å²) in [6.45, 7) is 1.95. The summed E-state index contributed by atoms with van der Waals surface area (Å²) in [6, 6.07) is 2.38. The van der Waals surface area contributed by atoms with Gasteiger partial charge in [-0.25, -0.2) is 9.97 Å². The molecule has 0 spiro atoms. The molecule has 3 atom stereocenters. The highest BCUT2D eigenvalue weighted by Crippen LogP contribution is 2.35. The lowest BCUT2D eigenvalue weighted by molar-refractivity contribution is 0.0195. The largest absolute Gasteiger partial charge is 0.393 e. The Morgan fingerprint density at radius 2 is 1.89 bits per heavy atom. The van der Waals surface area contributed by atoms with Crippen LogP contribution in [-0.4, -0.2) is 38.7 Å². The molecule has 1 aromatic rings. The van der Waals surface area contributed by atoms with E-state index in [0.29, 0.717) is 12.0 Å². The molecule has 0 radical (unpaired) electrons.